The van der Waals surface area contributed by atoms with E-state index in [1.165, 1.54) is 0 Å². The van der Waals surface area contributed by atoms with E-state index in [2.05, 4.69) is 4.98 Å². The molecule has 0 radical (unpaired) electrons. The maximum atomic E-state index is 11.7. The van der Waals surface area contributed by atoms with Crippen LogP contribution in [0, 0.1) is 0 Å². The number of aromatic nitrogens is 3. The Bertz CT molecular complexity index is 1330. The van der Waals surface area contributed by atoms with E-state index in [-0.39, 0.29) is 5.91 Å². The number of hydrogen-bond donors (Lipinski definition) is 1. The lowest BCUT2D eigenvalue weighted by Crippen LogP contribution is -2.50. The molecule has 0 saturated carbocycles. The number of amides is 1. The van der Waals surface area contributed by atoms with Crippen molar-refractivity contribution >= 4 is 29.2 Å². The molecule has 34 heavy (non-hydrogen) atoms. The molecule has 8 nitrogen and oxygen atoms in total. The first kappa shape index (κ1) is 21.7. The number of carbonyl (C=O) groups excluding carboxylic acids is 2. The van der Waals surface area contributed by atoms with E-state index in [1.807, 2.05) is 53.4 Å². The molecule has 2 aromatic carbocycles. The molecule has 1 aliphatic heterocycles. The third-order valence-electron chi connectivity index (χ3n) is 6.01. The number of benzene rings is 2. The highest BCUT2D eigenvalue weighted by Gasteiger charge is 2.22. The topological polar surface area (TPSA) is 99.5 Å². The molecule has 5 rings (SSSR count). The summed E-state index contributed by atoms with van der Waals surface area (Å²) in [5.41, 5.74) is 4.84. The van der Waals surface area contributed by atoms with Gasteiger partial charge < -0.3 is 14.9 Å². The van der Waals surface area contributed by atoms with Gasteiger partial charge in [0.25, 0.3) is 0 Å². The van der Waals surface area contributed by atoms with Gasteiger partial charge in [0, 0.05) is 54.5 Å². The van der Waals surface area contributed by atoms with Crippen LogP contribution in [0.25, 0.3) is 33.4 Å². The standard InChI is InChI=1S/C26H23N5O3/c32-16-18-6-8-20(9-7-18)24-22(19-4-2-1-3-5-19)14-21-15-27-26(29-25(21)28-24)31-12-10-30(11-13-31)23(34)17-33/h1-9,14-16,33H,10-13,17H2. The Balaban J connectivity index is 1.54. The summed E-state index contributed by atoms with van der Waals surface area (Å²) < 4.78 is 0. The van der Waals surface area contributed by atoms with Gasteiger partial charge in [0.15, 0.2) is 5.65 Å². The lowest BCUT2D eigenvalue weighted by atomic mass is 9.98. The van der Waals surface area contributed by atoms with Gasteiger partial charge in [-0.05, 0) is 11.6 Å². The van der Waals surface area contributed by atoms with Crippen LogP contribution in [0.5, 0.6) is 0 Å². The Hall–Kier alpha value is -4.17. The number of nitrogens with zero attached hydrogens (tertiary/aromatic N) is 5. The van der Waals surface area contributed by atoms with Gasteiger partial charge in [-0.1, -0.05) is 54.6 Å². The van der Waals surface area contributed by atoms with Crippen molar-refractivity contribution in [3.8, 4) is 22.4 Å². The van der Waals surface area contributed by atoms with Crippen molar-refractivity contribution in [2.24, 2.45) is 0 Å². The van der Waals surface area contributed by atoms with Crippen LogP contribution >= 0.6 is 0 Å². The molecule has 0 spiro atoms. The molecular weight excluding hydrogens is 430 g/mol. The second kappa shape index (κ2) is 9.36. The van der Waals surface area contributed by atoms with Crippen LogP contribution in [0.2, 0.25) is 0 Å². The van der Waals surface area contributed by atoms with Gasteiger partial charge in [0.2, 0.25) is 11.9 Å². The third-order valence-corrected chi connectivity index (χ3v) is 6.01. The van der Waals surface area contributed by atoms with Gasteiger partial charge in [-0.15, -0.1) is 0 Å². The number of fused-ring (bicyclic) bond motifs is 1. The summed E-state index contributed by atoms with van der Waals surface area (Å²) in [4.78, 5) is 40.7. The molecule has 1 N–H and O–H groups in total. The van der Waals surface area contributed by atoms with Gasteiger partial charge in [-0.25, -0.2) is 9.97 Å². The zero-order valence-corrected chi connectivity index (χ0v) is 18.5. The molecule has 1 amide bonds. The van der Waals surface area contributed by atoms with Crippen molar-refractivity contribution in [1.82, 2.24) is 19.9 Å². The van der Waals surface area contributed by atoms with Gasteiger partial charge in [0.1, 0.15) is 12.9 Å². The summed E-state index contributed by atoms with van der Waals surface area (Å²) in [6, 6.07) is 19.4. The number of aliphatic hydroxyl groups is 1. The van der Waals surface area contributed by atoms with Crippen LogP contribution in [-0.4, -0.2) is 69.9 Å². The van der Waals surface area contributed by atoms with Crippen LogP contribution < -0.4 is 4.90 Å². The van der Waals surface area contributed by atoms with Crippen molar-refractivity contribution in [1.29, 1.82) is 0 Å². The fourth-order valence-electron chi connectivity index (χ4n) is 4.14. The molecule has 0 atom stereocenters. The number of hydrogen-bond acceptors (Lipinski definition) is 7. The highest BCUT2D eigenvalue weighted by Crippen LogP contribution is 2.33. The van der Waals surface area contributed by atoms with Crippen LogP contribution in [0.3, 0.4) is 0 Å². The maximum Gasteiger partial charge on any atom is 0.248 e. The van der Waals surface area contributed by atoms with Crippen molar-refractivity contribution in [2.45, 2.75) is 0 Å². The minimum absolute atomic E-state index is 0.264. The summed E-state index contributed by atoms with van der Waals surface area (Å²) in [6.07, 6.45) is 2.60. The zero-order chi connectivity index (χ0) is 23.5. The van der Waals surface area contributed by atoms with E-state index >= 15 is 0 Å². The summed E-state index contributed by atoms with van der Waals surface area (Å²) in [5.74, 6) is 0.297. The third kappa shape index (κ3) is 4.23. The fraction of sp³-hybridized carbons (Fsp3) is 0.192. The first-order chi connectivity index (χ1) is 16.7. The molecule has 2 aromatic heterocycles. The number of anilines is 1. The molecular formula is C26H23N5O3. The summed E-state index contributed by atoms with van der Waals surface area (Å²) in [6.45, 7) is 1.71. The summed E-state index contributed by atoms with van der Waals surface area (Å²) in [5, 5.41) is 9.91. The van der Waals surface area contributed by atoms with Gasteiger partial charge >= 0.3 is 0 Å². The van der Waals surface area contributed by atoms with Gasteiger partial charge in [0.05, 0.1) is 5.69 Å². The van der Waals surface area contributed by atoms with Crippen molar-refractivity contribution < 1.29 is 14.7 Å². The normalized spacial score (nSPS) is 13.8. The van der Waals surface area contributed by atoms with Crippen molar-refractivity contribution in [3.63, 3.8) is 0 Å². The predicted molar refractivity (Wildman–Crippen MR) is 129 cm³/mol. The molecule has 8 heteroatoms. The van der Waals surface area contributed by atoms with Crippen LogP contribution in [0.1, 0.15) is 10.4 Å². The summed E-state index contributed by atoms with van der Waals surface area (Å²) >= 11 is 0. The number of piperazine rings is 1. The lowest BCUT2D eigenvalue weighted by Gasteiger charge is -2.34. The average Bonchev–Trinajstić information content (AvgIpc) is 2.92. The zero-order valence-electron chi connectivity index (χ0n) is 18.5. The number of rotatable bonds is 5. The minimum Gasteiger partial charge on any atom is -0.387 e. The molecule has 3 heterocycles. The number of aldehydes is 1. The molecule has 1 aliphatic rings. The van der Waals surface area contributed by atoms with Crippen LogP contribution in [-0.2, 0) is 4.79 Å². The number of carbonyl (C=O) groups is 2. The Morgan fingerprint density at radius 3 is 2.35 bits per heavy atom. The largest absolute Gasteiger partial charge is 0.387 e. The molecule has 1 saturated heterocycles. The van der Waals surface area contributed by atoms with E-state index in [1.54, 1.807) is 23.2 Å². The highest BCUT2D eigenvalue weighted by atomic mass is 16.3. The smallest absolute Gasteiger partial charge is 0.248 e. The van der Waals surface area contributed by atoms with Crippen LogP contribution in [0.4, 0.5) is 5.95 Å². The van der Waals surface area contributed by atoms with Gasteiger partial charge in [-0.2, -0.15) is 4.98 Å². The van der Waals surface area contributed by atoms with Crippen molar-refractivity contribution in [2.75, 3.05) is 37.7 Å². The van der Waals surface area contributed by atoms with Crippen molar-refractivity contribution in [3.05, 3.63) is 72.4 Å². The Labute approximate surface area is 196 Å². The monoisotopic (exact) mass is 453 g/mol. The predicted octanol–water partition coefficient (Wildman–Crippen LogP) is 2.81. The second-order valence-corrected chi connectivity index (χ2v) is 8.10. The fourth-order valence-corrected chi connectivity index (χ4v) is 4.14. The minimum atomic E-state index is -0.475. The molecule has 170 valence electrons. The van der Waals surface area contributed by atoms with E-state index in [9.17, 15) is 9.59 Å². The Kier molecular flexibility index (Phi) is 5.97. The molecule has 0 unspecified atom stereocenters. The Morgan fingerprint density at radius 2 is 1.68 bits per heavy atom. The van der Waals surface area contributed by atoms with E-state index in [0.717, 1.165) is 34.1 Å². The molecule has 0 bridgehead atoms. The molecule has 0 aliphatic carbocycles. The maximum absolute atomic E-state index is 11.7. The number of aliphatic hydroxyl groups excluding tert-OH is 1. The SMILES string of the molecule is O=Cc1ccc(-c2nc3nc(N4CCN(C(=O)CO)CC4)ncc3cc2-c2ccccc2)cc1. The second-order valence-electron chi connectivity index (χ2n) is 8.10. The average molecular weight is 454 g/mol. The van der Waals surface area contributed by atoms with Gasteiger partial charge in [-0.3, -0.25) is 9.59 Å². The highest BCUT2D eigenvalue weighted by molar-refractivity contribution is 5.90. The van der Waals surface area contributed by atoms with E-state index in [4.69, 9.17) is 15.1 Å². The van der Waals surface area contributed by atoms with E-state index in [0.29, 0.717) is 43.3 Å². The first-order valence-corrected chi connectivity index (χ1v) is 11.1. The lowest BCUT2D eigenvalue weighted by molar-refractivity contribution is -0.134. The molecule has 1 fully saturated rings. The number of pyridine rings is 1. The quantitative estimate of drug-likeness (QED) is 0.464. The molecule has 4 aromatic rings. The first-order valence-electron chi connectivity index (χ1n) is 11.1. The van der Waals surface area contributed by atoms with Crippen LogP contribution in [0.15, 0.2) is 66.9 Å². The van der Waals surface area contributed by atoms with E-state index < -0.39 is 6.61 Å². The Morgan fingerprint density at radius 1 is 0.941 bits per heavy atom. The summed E-state index contributed by atoms with van der Waals surface area (Å²) in [7, 11) is 0.